The van der Waals surface area contributed by atoms with E-state index in [1.165, 1.54) is 0 Å². The zero-order chi connectivity index (χ0) is 21.5. The van der Waals surface area contributed by atoms with Crippen LogP contribution in [0.15, 0.2) is 48.5 Å². The predicted molar refractivity (Wildman–Crippen MR) is 113 cm³/mol. The fourth-order valence-electron chi connectivity index (χ4n) is 3.45. The highest BCUT2D eigenvalue weighted by molar-refractivity contribution is 5.90. The molecule has 4 N–H and O–H groups in total. The number of carbonyl (C=O) groups excluding carboxylic acids is 2. The van der Waals surface area contributed by atoms with Gasteiger partial charge in [0.2, 0.25) is 11.8 Å². The minimum Gasteiger partial charge on any atom is -0.508 e. The molecule has 1 aliphatic heterocycles. The lowest BCUT2D eigenvalue weighted by molar-refractivity contribution is -0.137. The fraction of sp³-hybridized carbons (Fsp3) is 0.391. The van der Waals surface area contributed by atoms with Crippen molar-refractivity contribution in [1.29, 1.82) is 0 Å². The molecule has 0 unspecified atom stereocenters. The van der Waals surface area contributed by atoms with E-state index < -0.39 is 12.2 Å². The van der Waals surface area contributed by atoms with Crippen molar-refractivity contribution in [1.82, 2.24) is 4.90 Å². The standard InChI is InChI=1S/C23H28N2O5/c26-19-9-3-17(4-10-19)5-11-22(29)24-18-7-1-16(2-8-18)6-12-23(30)25-14-13-20(27)21(28)15-25/h1-4,7-10,20-21,26-28H,5-6,11-15H2,(H,24,29)/t20-,21-/m1/s1. The molecule has 1 heterocycles. The Kier molecular flexibility index (Phi) is 7.43. The number of hydrogen-bond donors (Lipinski definition) is 4. The van der Waals surface area contributed by atoms with Gasteiger partial charge in [0.15, 0.2) is 0 Å². The number of nitrogens with zero attached hydrogens (tertiary/aromatic N) is 1. The van der Waals surface area contributed by atoms with Crippen molar-refractivity contribution in [3.63, 3.8) is 0 Å². The van der Waals surface area contributed by atoms with Crippen LogP contribution in [0.25, 0.3) is 0 Å². The highest BCUT2D eigenvalue weighted by atomic mass is 16.3. The summed E-state index contributed by atoms with van der Waals surface area (Å²) in [7, 11) is 0. The van der Waals surface area contributed by atoms with Gasteiger partial charge in [-0.1, -0.05) is 24.3 Å². The second kappa shape index (κ2) is 10.2. The summed E-state index contributed by atoms with van der Waals surface area (Å²) in [6.45, 7) is 0.640. The largest absolute Gasteiger partial charge is 0.508 e. The summed E-state index contributed by atoms with van der Waals surface area (Å²) >= 11 is 0. The third-order valence-electron chi connectivity index (χ3n) is 5.34. The average molecular weight is 412 g/mol. The summed E-state index contributed by atoms with van der Waals surface area (Å²) in [6, 6.07) is 14.2. The molecule has 0 bridgehead atoms. The van der Waals surface area contributed by atoms with E-state index in [9.17, 15) is 24.9 Å². The molecule has 2 aromatic carbocycles. The van der Waals surface area contributed by atoms with Gasteiger partial charge in [-0.05, 0) is 54.7 Å². The van der Waals surface area contributed by atoms with Gasteiger partial charge in [0, 0.05) is 31.6 Å². The summed E-state index contributed by atoms with van der Waals surface area (Å²) in [5.74, 6) is 0.0849. The molecule has 7 nitrogen and oxygen atoms in total. The Morgan fingerprint density at radius 3 is 2.13 bits per heavy atom. The Hall–Kier alpha value is -2.90. The molecular weight excluding hydrogens is 384 g/mol. The number of aromatic hydroxyl groups is 1. The number of anilines is 1. The van der Waals surface area contributed by atoms with Crippen molar-refractivity contribution in [2.45, 2.75) is 44.3 Å². The number of benzene rings is 2. The van der Waals surface area contributed by atoms with Crippen LogP contribution in [0.4, 0.5) is 5.69 Å². The molecule has 1 saturated heterocycles. The SMILES string of the molecule is O=C(CCc1ccc(O)cc1)Nc1ccc(CCC(=O)N2CC[C@@H](O)[C@H](O)C2)cc1. The molecule has 0 radical (unpaired) electrons. The number of aryl methyl sites for hydroxylation is 2. The summed E-state index contributed by atoms with van der Waals surface area (Å²) in [5, 5.41) is 31.4. The Balaban J connectivity index is 1.41. The molecule has 7 heteroatoms. The number of phenolic OH excluding ortho intramolecular Hbond substituents is 1. The van der Waals surface area contributed by atoms with Crippen molar-refractivity contribution < 1.29 is 24.9 Å². The Morgan fingerprint density at radius 2 is 1.50 bits per heavy atom. The number of β-amino-alcohol motifs (C(OH)–C–C–N with tert-alkyl or cyclic N) is 1. The van der Waals surface area contributed by atoms with Crippen LogP contribution in [0, 0.1) is 0 Å². The second-order valence-corrected chi connectivity index (χ2v) is 7.67. The van der Waals surface area contributed by atoms with Crippen LogP contribution in [-0.2, 0) is 22.4 Å². The Bertz CT molecular complexity index is 851. The number of hydrogen-bond acceptors (Lipinski definition) is 5. The van der Waals surface area contributed by atoms with Crippen LogP contribution in [0.1, 0.15) is 30.4 Å². The number of piperidine rings is 1. The first-order valence-electron chi connectivity index (χ1n) is 10.2. The van der Waals surface area contributed by atoms with Crippen LogP contribution in [0.3, 0.4) is 0 Å². The van der Waals surface area contributed by atoms with E-state index in [0.29, 0.717) is 44.3 Å². The number of nitrogens with one attached hydrogen (secondary N) is 1. The third kappa shape index (κ3) is 6.30. The maximum Gasteiger partial charge on any atom is 0.224 e. The van der Waals surface area contributed by atoms with E-state index in [1.54, 1.807) is 29.2 Å². The number of phenols is 1. The number of rotatable bonds is 7. The van der Waals surface area contributed by atoms with Gasteiger partial charge in [-0.3, -0.25) is 9.59 Å². The molecule has 0 aromatic heterocycles. The van der Waals surface area contributed by atoms with Gasteiger partial charge >= 0.3 is 0 Å². The molecule has 30 heavy (non-hydrogen) atoms. The van der Waals surface area contributed by atoms with E-state index in [2.05, 4.69) is 5.32 Å². The van der Waals surface area contributed by atoms with Crippen LogP contribution >= 0.6 is 0 Å². The van der Waals surface area contributed by atoms with Crippen LogP contribution in [-0.4, -0.2) is 57.3 Å². The van der Waals surface area contributed by atoms with Gasteiger partial charge in [-0.15, -0.1) is 0 Å². The highest BCUT2D eigenvalue weighted by Crippen LogP contribution is 2.16. The Labute approximate surface area is 176 Å². The lowest BCUT2D eigenvalue weighted by Crippen LogP contribution is -2.49. The molecule has 1 fully saturated rings. The molecule has 3 rings (SSSR count). The number of amides is 2. The lowest BCUT2D eigenvalue weighted by atomic mass is 10.0. The van der Waals surface area contributed by atoms with Gasteiger partial charge in [0.1, 0.15) is 5.75 Å². The first-order chi connectivity index (χ1) is 14.4. The highest BCUT2D eigenvalue weighted by Gasteiger charge is 2.28. The van der Waals surface area contributed by atoms with Gasteiger partial charge in [0.05, 0.1) is 12.2 Å². The van der Waals surface area contributed by atoms with Gasteiger partial charge < -0.3 is 25.5 Å². The van der Waals surface area contributed by atoms with Crippen molar-refractivity contribution >= 4 is 17.5 Å². The average Bonchev–Trinajstić information content (AvgIpc) is 2.74. The first-order valence-corrected chi connectivity index (χ1v) is 10.2. The molecule has 1 aliphatic rings. The van der Waals surface area contributed by atoms with Gasteiger partial charge in [-0.25, -0.2) is 0 Å². The zero-order valence-corrected chi connectivity index (χ0v) is 16.8. The summed E-state index contributed by atoms with van der Waals surface area (Å²) in [5.41, 5.74) is 2.68. The summed E-state index contributed by atoms with van der Waals surface area (Å²) in [6.07, 6.45) is 0.613. The van der Waals surface area contributed by atoms with Crippen LogP contribution in [0.2, 0.25) is 0 Å². The van der Waals surface area contributed by atoms with Crippen molar-refractivity contribution in [3.05, 3.63) is 59.7 Å². The predicted octanol–water partition coefficient (Wildman–Crippen LogP) is 1.85. The molecule has 160 valence electrons. The Morgan fingerprint density at radius 1 is 0.900 bits per heavy atom. The number of aliphatic hydroxyl groups is 2. The normalized spacial score (nSPS) is 18.8. The lowest BCUT2D eigenvalue weighted by Gasteiger charge is -2.33. The van der Waals surface area contributed by atoms with E-state index >= 15 is 0 Å². The van der Waals surface area contributed by atoms with Crippen molar-refractivity contribution in [2.24, 2.45) is 0 Å². The van der Waals surface area contributed by atoms with E-state index in [4.69, 9.17) is 0 Å². The van der Waals surface area contributed by atoms with Crippen LogP contribution < -0.4 is 5.32 Å². The second-order valence-electron chi connectivity index (χ2n) is 7.67. The third-order valence-corrected chi connectivity index (χ3v) is 5.34. The monoisotopic (exact) mass is 412 g/mol. The fourth-order valence-corrected chi connectivity index (χ4v) is 3.45. The molecule has 0 aliphatic carbocycles. The summed E-state index contributed by atoms with van der Waals surface area (Å²) < 4.78 is 0. The molecule has 2 amide bonds. The first kappa shape index (κ1) is 21.8. The minimum atomic E-state index is -0.875. The molecule has 0 spiro atoms. The maximum absolute atomic E-state index is 12.3. The minimum absolute atomic E-state index is 0.0347. The topological polar surface area (TPSA) is 110 Å². The zero-order valence-electron chi connectivity index (χ0n) is 16.8. The summed E-state index contributed by atoms with van der Waals surface area (Å²) in [4.78, 5) is 26.0. The maximum atomic E-state index is 12.3. The van der Waals surface area contributed by atoms with E-state index in [0.717, 1.165) is 11.1 Å². The van der Waals surface area contributed by atoms with Crippen molar-refractivity contribution in [2.75, 3.05) is 18.4 Å². The van der Waals surface area contributed by atoms with Gasteiger partial charge in [0.25, 0.3) is 0 Å². The quantitative estimate of drug-likeness (QED) is 0.555. The van der Waals surface area contributed by atoms with E-state index in [-0.39, 0.29) is 24.1 Å². The number of aliphatic hydroxyl groups excluding tert-OH is 2. The van der Waals surface area contributed by atoms with Crippen molar-refractivity contribution in [3.8, 4) is 5.75 Å². The molecular formula is C23H28N2O5. The smallest absolute Gasteiger partial charge is 0.224 e. The molecule has 0 saturated carbocycles. The number of likely N-dealkylation sites (tertiary alicyclic amines) is 1. The molecule has 2 aromatic rings. The van der Waals surface area contributed by atoms with Gasteiger partial charge in [-0.2, -0.15) is 0 Å². The van der Waals surface area contributed by atoms with E-state index in [1.807, 2.05) is 24.3 Å². The number of carbonyl (C=O) groups is 2. The molecule has 2 atom stereocenters. The van der Waals surface area contributed by atoms with Crippen LogP contribution in [0.5, 0.6) is 5.75 Å².